The van der Waals surface area contributed by atoms with E-state index >= 15 is 0 Å². The molecule has 0 fully saturated rings. The van der Waals surface area contributed by atoms with Crippen molar-refractivity contribution in [2.75, 3.05) is 4.90 Å². The van der Waals surface area contributed by atoms with Crippen molar-refractivity contribution in [3.8, 4) is 11.1 Å². The van der Waals surface area contributed by atoms with Crippen LogP contribution in [0.3, 0.4) is 0 Å². The molecule has 0 saturated carbocycles. The summed E-state index contributed by atoms with van der Waals surface area (Å²) < 4.78 is 13.1. The molecule has 248 valence electrons. The predicted octanol–water partition coefficient (Wildman–Crippen LogP) is 13.9. The van der Waals surface area contributed by atoms with Gasteiger partial charge in [0.25, 0.3) is 0 Å². The van der Waals surface area contributed by atoms with Crippen LogP contribution in [0.4, 0.5) is 17.1 Å². The Bertz CT molecular complexity index is 2650. The van der Waals surface area contributed by atoms with E-state index in [9.17, 15) is 0 Å². The summed E-state index contributed by atoms with van der Waals surface area (Å²) in [5.41, 5.74) is 14.6. The maximum absolute atomic E-state index is 6.68. The van der Waals surface area contributed by atoms with Crippen LogP contribution in [0.1, 0.15) is 77.6 Å². The number of nitrogens with zero attached hydrogens (tertiary/aromatic N) is 1. The van der Waals surface area contributed by atoms with Gasteiger partial charge in [0, 0.05) is 32.9 Å². The smallest absolute Gasteiger partial charge is 0.137 e. The van der Waals surface area contributed by atoms with Crippen molar-refractivity contribution in [3.05, 3.63) is 138 Å². The van der Waals surface area contributed by atoms with E-state index in [2.05, 4.69) is 169 Å². The van der Waals surface area contributed by atoms with Crippen LogP contribution in [-0.4, -0.2) is 0 Å². The van der Waals surface area contributed by atoms with Gasteiger partial charge in [0.05, 0.1) is 11.1 Å². The Morgan fingerprint density at radius 1 is 0.500 bits per heavy atom. The van der Waals surface area contributed by atoms with Gasteiger partial charge >= 0.3 is 0 Å². The van der Waals surface area contributed by atoms with Crippen molar-refractivity contribution < 1.29 is 8.83 Å². The van der Waals surface area contributed by atoms with Crippen molar-refractivity contribution in [3.63, 3.8) is 0 Å². The fraction of sp³-hybridized carbons (Fsp3) is 0.234. The average molecular weight is 654 g/mol. The van der Waals surface area contributed by atoms with Crippen molar-refractivity contribution in [1.82, 2.24) is 0 Å². The highest BCUT2D eigenvalue weighted by atomic mass is 16.3. The molecule has 0 bridgehead atoms. The molecule has 3 heteroatoms. The first-order valence-corrected chi connectivity index (χ1v) is 17.8. The van der Waals surface area contributed by atoms with Crippen LogP contribution in [0.25, 0.3) is 55.0 Å². The van der Waals surface area contributed by atoms with Crippen molar-refractivity contribution in [2.45, 2.75) is 71.6 Å². The Morgan fingerprint density at radius 2 is 1.16 bits per heavy atom. The Hall–Kier alpha value is -5.28. The molecule has 0 amide bonds. The van der Waals surface area contributed by atoms with Gasteiger partial charge in [0.1, 0.15) is 22.3 Å². The number of hydrogen-bond donors (Lipinski definition) is 0. The van der Waals surface area contributed by atoms with E-state index in [4.69, 9.17) is 8.83 Å². The minimum atomic E-state index is -0.126. The number of furan rings is 2. The summed E-state index contributed by atoms with van der Waals surface area (Å²) in [6.07, 6.45) is 0. The Morgan fingerprint density at radius 3 is 1.96 bits per heavy atom. The van der Waals surface area contributed by atoms with E-state index < -0.39 is 0 Å². The monoisotopic (exact) mass is 653 g/mol. The highest BCUT2D eigenvalue weighted by Crippen LogP contribution is 2.52. The van der Waals surface area contributed by atoms with Gasteiger partial charge in [-0.2, -0.15) is 0 Å². The summed E-state index contributed by atoms with van der Waals surface area (Å²) >= 11 is 0. The zero-order chi connectivity index (χ0) is 34.7. The molecule has 0 radical (unpaired) electrons. The SMILES string of the molecule is CC(C)(C)c1cc(C(C)(C)C)c2c(c1)oc1ccc(N(c3ccc4c(c3)C(C)(C)c3ccccc3-4)c3cccc4oc5ccccc5c34)cc12. The van der Waals surface area contributed by atoms with Gasteiger partial charge in [-0.15, -0.1) is 0 Å². The Kier molecular flexibility index (Phi) is 6.38. The average Bonchev–Trinajstić information content (AvgIpc) is 3.72. The van der Waals surface area contributed by atoms with Crippen LogP contribution in [0.15, 0.2) is 124 Å². The lowest BCUT2D eigenvalue weighted by Crippen LogP contribution is -2.17. The van der Waals surface area contributed by atoms with Crippen LogP contribution in [-0.2, 0) is 16.2 Å². The molecule has 0 N–H and O–H groups in total. The van der Waals surface area contributed by atoms with Crippen LogP contribution < -0.4 is 4.90 Å². The molecule has 3 nitrogen and oxygen atoms in total. The number of hydrogen-bond acceptors (Lipinski definition) is 3. The normalized spacial score (nSPS) is 14.2. The zero-order valence-corrected chi connectivity index (χ0v) is 30.2. The third-order valence-electron chi connectivity index (χ3n) is 10.9. The largest absolute Gasteiger partial charge is 0.456 e. The summed E-state index contributed by atoms with van der Waals surface area (Å²) in [6, 6.07) is 42.0. The van der Waals surface area contributed by atoms with Crippen molar-refractivity contribution in [2.24, 2.45) is 0 Å². The number of para-hydroxylation sites is 1. The summed E-state index contributed by atoms with van der Waals surface area (Å²) in [6.45, 7) is 18.4. The lowest BCUT2D eigenvalue weighted by atomic mass is 9.79. The van der Waals surface area contributed by atoms with Gasteiger partial charge < -0.3 is 13.7 Å². The fourth-order valence-electron chi connectivity index (χ4n) is 8.26. The molecule has 0 atom stereocenters. The number of fused-ring (bicyclic) bond motifs is 9. The minimum Gasteiger partial charge on any atom is -0.456 e. The first-order chi connectivity index (χ1) is 23.8. The maximum atomic E-state index is 6.68. The topological polar surface area (TPSA) is 29.5 Å². The summed E-state index contributed by atoms with van der Waals surface area (Å²) in [4.78, 5) is 2.42. The van der Waals surface area contributed by atoms with Gasteiger partial charge in [-0.25, -0.2) is 0 Å². The lowest BCUT2D eigenvalue weighted by Gasteiger charge is -2.29. The van der Waals surface area contributed by atoms with E-state index in [-0.39, 0.29) is 16.2 Å². The molecule has 0 unspecified atom stereocenters. The quantitative estimate of drug-likeness (QED) is 0.190. The van der Waals surface area contributed by atoms with Crippen LogP contribution in [0.5, 0.6) is 0 Å². The molecule has 1 aliphatic rings. The summed E-state index contributed by atoms with van der Waals surface area (Å²) in [5, 5.41) is 4.54. The van der Waals surface area contributed by atoms with Gasteiger partial charge in [-0.1, -0.05) is 116 Å². The number of rotatable bonds is 3. The Labute approximate surface area is 294 Å². The lowest BCUT2D eigenvalue weighted by molar-refractivity contribution is 0.569. The van der Waals surface area contributed by atoms with E-state index in [0.717, 1.165) is 55.6 Å². The minimum absolute atomic E-state index is 0.00216. The highest BCUT2D eigenvalue weighted by molar-refractivity contribution is 6.14. The van der Waals surface area contributed by atoms with Gasteiger partial charge in [-0.3, -0.25) is 0 Å². The highest BCUT2D eigenvalue weighted by Gasteiger charge is 2.36. The molecule has 1 aliphatic carbocycles. The molecule has 0 saturated heterocycles. The standard InChI is InChI=1S/C47H43NO2/c1-45(2,3)28-24-37(46(4,5)6)43-34-26-29(21-23-40(34)50-42(43)25-28)48(38-17-13-19-41-44(38)33-15-10-12-18-39(33)49-41)30-20-22-32-31-14-9-11-16-35(31)47(7,8)36(32)27-30/h9-27H,1-8H3. The van der Waals surface area contributed by atoms with E-state index in [0.29, 0.717) is 0 Å². The van der Waals surface area contributed by atoms with Crippen LogP contribution >= 0.6 is 0 Å². The molecule has 2 heterocycles. The molecule has 9 rings (SSSR count). The third-order valence-corrected chi connectivity index (χ3v) is 10.9. The fourth-order valence-corrected chi connectivity index (χ4v) is 8.26. The second-order valence-electron chi connectivity index (χ2n) is 16.7. The second kappa shape index (κ2) is 10.4. The molecular formula is C47H43NO2. The molecule has 0 spiro atoms. The summed E-state index contributed by atoms with van der Waals surface area (Å²) in [7, 11) is 0. The first kappa shape index (κ1) is 30.8. The molecular weight excluding hydrogens is 611 g/mol. The van der Waals surface area contributed by atoms with E-state index in [1.165, 1.54) is 38.8 Å². The molecule has 8 aromatic rings. The van der Waals surface area contributed by atoms with Gasteiger partial charge in [0.15, 0.2) is 0 Å². The van der Waals surface area contributed by atoms with E-state index in [1.54, 1.807) is 0 Å². The van der Waals surface area contributed by atoms with E-state index in [1.807, 2.05) is 6.07 Å². The van der Waals surface area contributed by atoms with Crippen molar-refractivity contribution in [1.29, 1.82) is 0 Å². The Balaban J connectivity index is 1.34. The zero-order valence-electron chi connectivity index (χ0n) is 30.2. The second-order valence-corrected chi connectivity index (χ2v) is 16.7. The number of anilines is 3. The molecule has 6 aromatic carbocycles. The van der Waals surface area contributed by atoms with Crippen LogP contribution in [0, 0.1) is 0 Å². The van der Waals surface area contributed by atoms with Gasteiger partial charge in [-0.05, 0) is 98.8 Å². The predicted molar refractivity (Wildman–Crippen MR) is 211 cm³/mol. The number of benzene rings is 6. The van der Waals surface area contributed by atoms with Crippen LogP contribution in [0.2, 0.25) is 0 Å². The summed E-state index contributed by atoms with van der Waals surface area (Å²) in [5.74, 6) is 0. The molecule has 2 aromatic heterocycles. The maximum Gasteiger partial charge on any atom is 0.137 e. The van der Waals surface area contributed by atoms with Gasteiger partial charge in [0.2, 0.25) is 0 Å². The molecule has 0 aliphatic heterocycles. The third kappa shape index (κ3) is 4.49. The first-order valence-electron chi connectivity index (χ1n) is 17.8. The molecule has 50 heavy (non-hydrogen) atoms. The van der Waals surface area contributed by atoms with Crippen molar-refractivity contribution >= 4 is 60.9 Å².